The van der Waals surface area contributed by atoms with Gasteiger partial charge in [0.1, 0.15) is 54.1 Å². The lowest BCUT2D eigenvalue weighted by molar-refractivity contribution is -0.147. The van der Waals surface area contributed by atoms with E-state index in [9.17, 15) is 108 Å². The van der Waals surface area contributed by atoms with Crippen molar-refractivity contribution < 1.29 is 113 Å². The Morgan fingerprint density at radius 3 is 1.07 bits per heavy atom. The van der Waals surface area contributed by atoms with E-state index in [0.717, 1.165) is 0 Å². The second kappa shape index (κ2) is 36.0. The standard InChI is InChI=1S/C53H71N9O23/c1-3-26(2)44(62-49(80)34(17-22-42(72)73)57-46(77)31(14-19-39(66)67)55-45(76)30(54)13-18-38(64)65)52(83)60-36(24-28-9-11-29(63)12-10-28)50(81)58-32(15-20-40(68)69)47(78)56-33(16-21-41(70)71)48(79)59-35(23-27-7-5-4-6-8-27)51(82)61-37(53(84)85)25-43(74)75/h4-12,26,30-37,44,63H,3,13-25,54H2,1-2H3,(H,55,76)(H,56,78)(H,57,77)(H,58,81)(H,59,79)(H,60,83)(H,61,82)(H,62,80)(H,64,65)(H,66,67)(H,68,69)(H,70,71)(H,72,73)(H,74,75)(H,84,85)/t26-,30-,31-,32-,33-,34-,35-,36-,37-,44-/m0/s1. The van der Waals surface area contributed by atoms with E-state index in [2.05, 4.69) is 37.2 Å². The van der Waals surface area contributed by atoms with Gasteiger partial charge >= 0.3 is 41.8 Å². The Morgan fingerprint density at radius 2 is 0.706 bits per heavy atom. The molecular formula is C53H71N9O23. The van der Waals surface area contributed by atoms with Gasteiger partial charge in [-0.3, -0.25) is 67.1 Å². The molecule has 0 fully saturated rings. The van der Waals surface area contributed by atoms with Crippen LogP contribution in [0.3, 0.4) is 0 Å². The lowest BCUT2D eigenvalue weighted by Crippen LogP contribution is -2.61. The molecule has 0 aromatic heterocycles. The third kappa shape index (κ3) is 27.3. The number of aromatic hydroxyl groups is 1. The Balaban J connectivity index is 2.60. The average Bonchev–Trinajstić information content (AvgIpc) is 3.64. The number of hydrogen-bond donors (Lipinski definition) is 17. The smallest absolute Gasteiger partial charge is 0.326 e. The summed E-state index contributed by atoms with van der Waals surface area (Å²) in [7, 11) is 0. The Labute approximate surface area is 484 Å². The lowest BCUT2D eigenvalue weighted by Gasteiger charge is -2.30. The van der Waals surface area contributed by atoms with Gasteiger partial charge in [0.05, 0.1) is 12.5 Å². The number of amides is 8. The molecule has 0 radical (unpaired) electrons. The monoisotopic (exact) mass is 1200 g/mol. The number of carboxylic acid groups (broad SMARTS) is 7. The molecule has 0 saturated carbocycles. The number of aliphatic carboxylic acids is 7. The number of nitrogens with two attached hydrogens (primary N) is 1. The van der Waals surface area contributed by atoms with E-state index in [-0.39, 0.29) is 24.2 Å². The quantitative estimate of drug-likeness (QED) is 0.0323. The van der Waals surface area contributed by atoms with E-state index in [1.165, 1.54) is 43.3 Å². The summed E-state index contributed by atoms with van der Waals surface area (Å²) < 4.78 is 0. The van der Waals surface area contributed by atoms with Crippen LogP contribution >= 0.6 is 0 Å². The number of carboxylic acids is 7. The van der Waals surface area contributed by atoms with E-state index >= 15 is 0 Å². The highest BCUT2D eigenvalue weighted by molar-refractivity contribution is 5.99. The summed E-state index contributed by atoms with van der Waals surface area (Å²) in [6.07, 6.45) is -8.60. The third-order valence-corrected chi connectivity index (χ3v) is 12.8. The van der Waals surface area contributed by atoms with Crippen LogP contribution in [-0.2, 0) is 84.8 Å². The van der Waals surface area contributed by atoms with Crippen molar-refractivity contribution in [3.8, 4) is 5.75 Å². The van der Waals surface area contributed by atoms with Crippen LogP contribution in [0.4, 0.5) is 0 Å². The summed E-state index contributed by atoms with van der Waals surface area (Å²) >= 11 is 0. The minimum atomic E-state index is -1.99. The average molecular weight is 1200 g/mol. The van der Waals surface area contributed by atoms with Gasteiger partial charge in [-0.15, -0.1) is 0 Å². The second-order valence-corrected chi connectivity index (χ2v) is 19.6. The molecule has 2 rings (SSSR count). The molecular weight excluding hydrogens is 1130 g/mol. The first-order valence-corrected chi connectivity index (χ1v) is 26.4. The van der Waals surface area contributed by atoms with Crippen LogP contribution in [-0.4, -0.2) is 184 Å². The van der Waals surface area contributed by atoms with E-state index < -0.39 is 226 Å². The van der Waals surface area contributed by atoms with Gasteiger partial charge in [0.15, 0.2) is 0 Å². The zero-order valence-electron chi connectivity index (χ0n) is 46.1. The predicted molar refractivity (Wildman–Crippen MR) is 289 cm³/mol. The number of nitrogens with one attached hydrogen (secondary N) is 8. The van der Waals surface area contributed by atoms with Crippen LogP contribution in [0, 0.1) is 5.92 Å². The number of phenols is 1. The number of carbonyl (C=O) groups excluding carboxylic acids is 8. The molecule has 0 aliphatic rings. The maximum atomic E-state index is 14.5. The van der Waals surface area contributed by atoms with Gasteiger partial charge in [0.25, 0.3) is 0 Å². The summed E-state index contributed by atoms with van der Waals surface area (Å²) in [5.41, 5.74) is 6.40. The minimum Gasteiger partial charge on any atom is -0.508 e. The van der Waals surface area contributed by atoms with E-state index in [0.29, 0.717) is 5.56 Å². The summed E-state index contributed by atoms with van der Waals surface area (Å²) in [6.45, 7) is 3.06. The van der Waals surface area contributed by atoms with Crippen LogP contribution in [0.5, 0.6) is 5.75 Å². The number of rotatable bonds is 40. The predicted octanol–water partition coefficient (Wildman–Crippen LogP) is -2.69. The molecule has 0 aliphatic heterocycles. The molecule has 32 nitrogen and oxygen atoms in total. The molecule has 0 spiro atoms. The topological polar surface area (TPSA) is 540 Å². The number of carbonyl (C=O) groups is 15. The van der Waals surface area contributed by atoms with Crippen LogP contribution in [0.15, 0.2) is 54.6 Å². The molecule has 2 aromatic rings. The van der Waals surface area contributed by atoms with Gasteiger partial charge in [0.2, 0.25) is 47.3 Å². The van der Waals surface area contributed by atoms with Crippen molar-refractivity contribution in [1.29, 1.82) is 0 Å². The Bertz CT molecular complexity index is 2730. The highest BCUT2D eigenvalue weighted by Crippen LogP contribution is 2.16. The van der Waals surface area contributed by atoms with Gasteiger partial charge in [-0.1, -0.05) is 62.7 Å². The molecule has 10 atom stereocenters. The van der Waals surface area contributed by atoms with Gasteiger partial charge in [0, 0.05) is 44.9 Å². The van der Waals surface area contributed by atoms with Crippen LogP contribution < -0.4 is 48.3 Å². The molecule has 0 bridgehead atoms. The molecule has 32 heteroatoms. The minimum absolute atomic E-state index is 0.115. The van der Waals surface area contributed by atoms with Gasteiger partial charge < -0.3 is 89.1 Å². The van der Waals surface area contributed by atoms with Crippen molar-refractivity contribution in [2.75, 3.05) is 0 Å². The summed E-state index contributed by atoms with van der Waals surface area (Å²) in [6, 6.07) is -3.12. The largest absolute Gasteiger partial charge is 0.508 e. The molecule has 466 valence electrons. The fourth-order valence-electron chi connectivity index (χ4n) is 7.92. The van der Waals surface area contributed by atoms with Crippen molar-refractivity contribution in [3.05, 3.63) is 65.7 Å². The first kappa shape index (κ1) is 71.4. The first-order valence-electron chi connectivity index (χ1n) is 26.4. The van der Waals surface area contributed by atoms with Gasteiger partial charge in [-0.05, 0) is 61.3 Å². The molecule has 0 aliphatic carbocycles. The molecule has 0 unspecified atom stereocenters. The third-order valence-electron chi connectivity index (χ3n) is 12.8. The maximum Gasteiger partial charge on any atom is 0.326 e. The summed E-state index contributed by atoms with van der Waals surface area (Å²) in [4.78, 5) is 193. The highest BCUT2D eigenvalue weighted by atomic mass is 16.4. The van der Waals surface area contributed by atoms with Crippen molar-refractivity contribution >= 4 is 89.0 Å². The maximum absolute atomic E-state index is 14.5. The van der Waals surface area contributed by atoms with Crippen LogP contribution in [0.25, 0.3) is 0 Å². The Morgan fingerprint density at radius 1 is 0.388 bits per heavy atom. The fourth-order valence-corrected chi connectivity index (χ4v) is 7.92. The van der Waals surface area contributed by atoms with Crippen LogP contribution in [0.2, 0.25) is 0 Å². The molecule has 2 aromatic carbocycles. The Hall–Kier alpha value is -9.75. The molecule has 0 heterocycles. The van der Waals surface area contributed by atoms with E-state index in [4.69, 9.17) is 10.8 Å². The fraction of sp³-hybridized carbons (Fsp3) is 0.491. The van der Waals surface area contributed by atoms with Crippen molar-refractivity contribution in [3.63, 3.8) is 0 Å². The summed E-state index contributed by atoms with van der Waals surface area (Å²) in [5, 5.41) is 94.2. The molecule has 85 heavy (non-hydrogen) atoms. The van der Waals surface area contributed by atoms with Crippen molar-refractivity contribution in [1.82, 2.24) is 42.5 Å². The van der Waals surface area contributed by atoms with Crippen LogP contribution in [0.1, 0.15) is 102 Å². The molecule has 0 saturated heterocycles. The first-order chi connectivity index (χ1) is 39.9. The zero-order chi connectivity index (χ0) is 64.1. The van der Waals surface area contributed by atoms with Crippen molar-refractivity contribution in [2.24, 2.45) is 11.7 Å². The van der Waals surface area contributed by atoms with Crippen molar-refractivity contribution in [2.45, 2.75) is 158 Å². The van der Waals surface area contributed by atoms with Gasteiger partial charge in [-0.2, -0.15) is 0 Å². The second-order valence-electron chi connectivity index (χ2n) is 19.6. The molecule has 18 N–H and O–H groups in total. The van der Waals surface area contributed by atoms with E-state index in [1.807, 2.05) is 5.32 Å². The zero-order valence-corrected chi connectivity index (χ0v) is 46.1. The lowest BCUT2D eigenvalue weighted by atomic mass is 9.96. The SMILES string of the molecule is CC[C@H](C)[C@H](NC(=O)[C@H](CCC(=O)O)NC(=O)[C@H](CCC(=O)O)NC(=O)[C@@H](N)CCC(=O)O)C(=O)N[C@@H](Cc1ccc(O)cc1)C(=O)N[C@@H](CCC(=O)O)C(=O)N[C@@H](CCC(=O)O)C(=O)N[C@@H](Cc1ccccc1)C(=O)N[C@@H](CC(=O)O)C(=O)O. The summed E-state index contributed by atoms with van der Waals surface area (Å²) in [5.74, 6) is -21.2. The number of phenolic OH excluding ortho intramolecular Hbond substituents is 1. The Kier molecular flexibility index (Phi) is 30.2. The number of hydrogen-bond acceptors (Lipinski definition) is 17. The highest BCUT2D eigenvalue weighted by Gasteiger charge is 2.37. The van der Waals surface area contributed by atoms with E-state index in [1.54, 1.807) is 25.1 Å². The molecule has 8 amide bonds. The number of benzene rings is 2. The normalized spacial score (nSPS) is 14.4. The van der Waals surface area contributed by atoms with Gasteiger partial charge in [-0.25, -0.2) is 4.79 Å².